The molecule has 0 aromatic rings. The maximum atomic E-state index is 10.8. The largest absolute Gasteiger partial charge is 0.548 e. The van der Waals surface area contributed by atoms with E-state index in [0.717, 1.165) is 36.8 Å². The topological polar surface area (TPSA) is 116 Å². The first-order valence-electron chi connectivity index (χ1n) is 8.06. The number of carboxylic acids is 1. The molecule has 7 heteroatoms. The summed E-state index contributed by atoms with van der Waals surface area (Å²) in [6.07, 6.45) is 3.10. The highest BCUT2D eigenvalue weighted by molar-refractivity contribution is 5.71. The van der Waals surface area contributed by atoms with Crippen molar-refractivity contribution in [1.29, 1.82) is 0 Å². The molecule has 6 N–H and O–H groups in total. The van der Waals surface area contributed by atoms with Crippen molar-refractivity contribution in [2.75, 3.05) is 60.9 Å². The third-order valence-corrected chi connectivity index (χ3v) is 2.46. The summed E-state index contributed by atoms with van der Waals surface area (Å²) in [6, 6.07) is -0.571. The third-order valence-electron chi connectivity index (χ3n) is 2.46. The second-order valence-electron chi connectivity index (χ2n) is 6.69. The summed E-state index contributed by atoms with van der Waals surface area (Å²) < 4.78 is 1.00. The van der Waals surface area contributed by atoms with Crippen molar-refractivity contribution in [2.24, 2.45) is 11.5 Å². The molecule has 0 saturated carbocycles. The van der Waals surface area contributed by atoms with Crippen LogP contribution in [0.2, 0.25) is 0 Å². The Labute approximate surface area is 136 Å². The zero-order valence-corrected chi connectivity index (χ0v) is 14.9. The lowest BCUT2D eigenvalue weighted by Gasteiger charge is -2.19. The molecule has 0 fully saturated rings. The Morgan fingerprint density at radius 2 is 1.45 bits per heavy atom. The van der Waals surface area contributed by atoms with E-state index < -0.39 is 12.0 Å². The molecule has 1 unspecified atom stereocenters. The van der Waals surface area contributed by atoms with E-state index in [-0.39, 0.29) is 0 Å². The molecule has 0 heterocycles. The van der Waals surface area contributed by atoms with Crippen LogP contribution >= 0.6 is 0 Å². The number of aliphatic carboxylic acids is 1. The minimum absolute atomic E-state index is 0.563. The number of nitrogens with one attached hydrogen (secondary N) is 2. The Balaban J connectivity index is 0. The molecule has 134 valence electrons. The van der Waals surface area contributed by atoms with Crippen molar-refractivity contribution < 1.29 is 14.4 Å². The van der Waals surface area contributed by atoms with Gasteiger partial charge in [-0.05, 0) is 58.4 Å². The van der Waals surface area contributed by atoms with Crippen LogP contribution in [0.15, 0.2) is 0 Å². The van der Waals surface area contributed by atoms with Crippen LogP contribution < -0.4 is 27.2 Å². The summed E-state index contributed by atoms with van der Waals surface area (Å²) in [5.41, 5.74) is 10.7. The monoisotopic (exact) mass is 319 g/mol. The fraction of sp³-hybridized carbons (Fsp3) is 0.933. The summed E-state index contributed by atoms with van der Waals surface area (Å²) in [5, 5.41) is 17.0. The van der Waals surface area contributed by atoms with E-state index in [1.165, 1.54) is 0 Å². The molecule has 0 aromatic carbocycles. The summed E-state index contributed by atoms with van der Waals surface area (Å²) >= 11 is 0. The Kier molecular flexibility index (Phi) is 16.2. The number of carbonyl (C=O) groups excluding carboxylic acids is 1. The van der Waals surface area contributed by atoms with Gasteiger partial charge in [0.05, 0.1) is 34.2 Å². The van der Waals surface area contributed by atoms with E-state index in [1.54, 1.807) is 0 Å². The summed E-state index contributed by atoms with van der Waals surface area (Å²) in [4.78, 5) is 10.8. The van der Waals surface area contributed by atoms with Gasteiger partial charge in [0.25, 0.3) is 0 Å². The van der Waals surface area contributed by atoms with Gasteiger partial charge in [0, 0.05) is 6.04 Å². The number of nitrogens with two attached hydrogens (primary N) is 2. The van der Waals surface area contributed by atoms with Crippen LogP contribution in [-0.2, 0) is 4.79 Å². The molecule has 22 heavy (non-hydrogen) atoms. The highest BCUT2D eigenvalue weighted by Gasteiger charge is 2.07. The normalized spacial score (nSPS) is 12.5. The van der Waals surface area contributed by atoms with E-state index in [9.17, 15) is 9.90 Å². The van der Waals surface area contributed by atoms with Crippen LogP contribution in [-0.4, -0.2) is 77.4 Å². The van der Waals surface area contributed by atoms with Gasteiger partial charge in [-0.3, -0.25) is 0 Å². The molecule has 0 aliphatic rings. The quantitative estimate of drug-likeness (QED) is 0.246. The van der Waals surface area contributed by atoms with Gasteiger partial charge < -0.3 is 36.5 Å². The Morgan fingerprint density at radius 1 is 1.00 bits per heavy atom. The lowest BCUT2D eigenvalue weighted by Crippen LogP contribution is -2.46. The predicted octanol–water partition coefficient (Wildman–Crippen LogP) is -1.92. The Bertz CT molecular complexity index is 251. The van der Waals surface area contributed by atoms with Crippen LogP contribution in [0.25, 0.3) is 0 Å². The van der Waals surface area contributed by atoms with Crippen LogP contribution in [0.5, 0.6) is 0 Å². The zero-order valence-electron chi connectivity index (χ0n) is 14.9. The number of rotatable bonds is 12. The average Bonchev–Trinajstić information content (AvgIpc) is 2.38. The van der Waals surface area contributed by atoms with Crippen LogP contribution in [0.4, 0.5) is 0 Å². The maximum Gasteiger partial charge on any atom is 0.0675 e. The molecular formula is C15H37N5O2. The zero-order chi connectivity index (χ0) is 17.4. The van der Waals surface area contributed by atoms with Gasteiger partial charge in [0.15, 0.2) is 0 Å². The molecule has 1 atom stereocenters. The number of hydrogen-bond donors (Lipinski definition) is 4. The van der Waals surface area contributed by atoms with E-state index in [0.29, 0.717) is 26.1 Å². The number of carboxylic acid groups (broad SMARTS) is 1. The lowest BCUT2D eigenvalue weighted by molar-refractivity contribution is -0.849. The molecule has 0 bridgehead atoms. The molecule has 0 amide bonds. The van der Waals surface area contributed by atoms with Gasteiger partial charge in [-0.25, -0.2) is 0 Å². The van der Waals surface area contributed by atoms with Gasteiger partial charge in [0.1, 0.15) is 0 Å². The number of hydrogen-bond acceptors (Lipinski definition) is 6. The van der Waals surface area contributed by atoms with Crippen molar-refractivity contribution >= 4 is 5.97 Å². The number of quaternary nitrogens is 1. The molecule has 0 radical (unpaired) electrons. The smallest absolute Gasteiger partial charge is 0.0675 e. The van der Waals surface area contributed by atoms with Gasteiger partial charge >= 0.3 is 0 Å². The molecule has 7 nitrogen and oxygen atoms in total. The summed E-state index contributed by atoms with van der Waals surface area (Å²) in [7, 11) is 8.50. The number of carbonyl (C=O) groups is 1. The van der Waals surface area contributed by atoms with E-state index in [2.05, 4.69) is 38.8 Å². The molecule has 0 saturated heterocycles. The highest BCUT2D eigenvalue weighted by Crippen LogP contribution is 1.96. The standard InChI is InChI=1S/C11H26N4O2.C4H12N/c12-5-2-8-14-7-1-4-10(11(16)17)15-9-3-6-13;1-5(2,3)4/h10,14-15H,1-9,12-13H2,(H,16,17);1-4H3/q;+1/p-1. The summed E-state index contributed by atoms with van der Waals surface area (Å²) in [6.45, 7) is 3.55. The molecule has 0 spiro atoms. The summed E-state index contributed by atoms with van der Waals surface area (Å²) in [5.74, 6) is -1.04. The van der Waals surface area contributed by atoms with Gasteiger partial charge in [0.2, 0.25) is 0 Å². The average molecular weight is 319 g/mol. The fourth-order valence-electron chi connectivity index (χ4n) is 1.46. The molecule has 0 aliphatic heterocycles. The second kappa shape index (κ2) is 15.2. The van der Waals surface area contributed by atoms with E-state index in [1.807, 2.05) is 0 Å². The maximum absolute atomic E-state index is 10.8. The molecule has 0 rings (SSSR count). The molecule has 0 aliphatic carbocycles. The van der Waals surface area contributed by atoms with Crippen LogP contribution in [0.3, 0.4) is 0 Å². The third kappa shape index (κ3) is 24.3. The number of nitrogens with zero attached hydrogens (tertiary/aromatic N) is 1. The van der Waals surface area contributed by atoms with Crippen molar-refractivity contribution in [1.82, 2.24) is 10.6 Å². The lowest BCUT2D eigenvalue weighted by atomic mass is 10.1. The fourth-order valence-corrected chi connectivity index (χ4v) is 1.46. The van der Waals surface area contributed by atoms with Crippen molar-refractivity contribution in [2.45, 2.75) is 31.7 Å². The Morgan fingerprint density at radius 3 is 1.91 bits per heavy atom. The minimum atomic E-state index is -1.04. The first-order valence-corrected chi connectivity index (χ1v) is 8.06. The molecular weight excluding hydrogens is 282 g/mol. The second-order valence-corrected chi connectivity index (χ2v) is 6.69. The predicted molar refractivity (Wildman–Crippen MR) is 90.2 cm³/mol. The van der Waals surface area contributed by atoms with Crippen molar-refractivity contribution in [3.63, 3.8) is 0 Å². The minimum Gasteiger partial charge on any atom is -0.548 e. The van der Waals surface area contributed by atoms with Crippen LogP contribution in [0.1, 0.15) is 25.7 Å². The van der Waals surface area contributed by atoms with Gasteiger partial charge in [-0.1, -0.05) is 0 Å². The van der Waals surface area contributed by atoms with E-state index in [4.69, 9.17) is 11.5 Å². The SMILES string of the molecule is C[N+](C)(C)C.NCCCNCCCC(NCCCN)C(=O)[O-]. The van der Waals surface area contributed by atoms with Gasteiger partial charge in [-0.15, -0.1) is 0 Å². The first kappa shape index (κ1) is 23.5. The van der Waals surface area contributed by atoms with Gasteiger partial charge in [-0.2, -0.15) is 0 Å². The van der Waals surface area contributed by atoms with E-state index >= 15 is 0 Å². The molecule has 0 aromatic heterocycles. The van der Waals surface area contributed by atoms with Crippen LogP contribution in [0, 0.1) is 0 Å². The Hall–Kier alpha value is -0.730. The van der Waals surface area contributed by atoms with Crippen molar-refractivity contribution in [3.8, 4) is 0 Å². The van der Waals surface area contributed by atoms with Crippen molar-refractivity contribution in [3.05, 3.63) is 0 Å². The highest BCUT2D eigenvalue weighted by atomic mass is 16.4. The first-order chi connectivity index (χ1) is 10.2.